The molecule has 0 aliphatic carbocycles. The average Bonchev–Trinajstić information content (AvgIpc) is 2.19. The molecule has 0 aliphatic rings. The highest BCUT2D eigenvalue weighted by Gasteiger charge is 2.24. The molecule has 1 rings (SSSR count). The second-order valence-corrected chi connectivity index (χ2v) is 3.55. The molecule has 0 N–H and O–H groups in total. The first-order chi connectivity index (χ1) is 6.23. The average molecular weight is 178 g/mol. The predicted octanol–water partition coefficient (Wildman–Crippen LogP) is 3.35. The summed E-state index contributed by atoms with van der Waals surface area (Å²) in [7, 11) is 1.78. The molecule has 72 valence electrons. The Balaban J connectivity index is 2.89. The Morgan fingerprint density at radius 1 is 1.23 bits per heavy atom. The van der Waals surface area contributed by atoms with Crippen molar-refractivity contribution >= 4 is 0 Å². The molecule has 0 bridgehead atoms. The summed E-state index contributed by atoms with van der Waals surface area (Å²) < 4.78 is 5.56. The smallest absolute Gasteiger partial charge is 0.0899 e. The van der Waals surface area contributed by atoms with Gasteiger partial charge in [-0.3, -0.25) is 0 Å². The summed E-state index contributed by atoms with van der Waals surface area (Å²) in [6.45, 7) is 4.33. The standard InChI is InChI=1S/C12H18O/c1-4-10-12(2,13-3)11-8-6-5-7-9-11/h5-9H,4,10H2,1-3H3. The third-order valence-corrected chi connectivity index (χ3v) is 2.56. The van der Waals surface area contributed by atoms with Gasteiger partial charge < -0.3 is 4.74 Å². The maximum atomic E-state index is 5.56. The summed E-state index contributed by atoms with van der Waals surface area (Å²) in [6, 6.07) is 10.4. The second kappa shape index (κ2) is 4.43. The van der Waals surface area contributed by atoms with Crippen LogP contribution in [0.3, 0.4) is 0 Å². The summed E-state index contributed by atoms with van der Waals surface area (Å²) in [5.74, 6) is 0. The Kier molecular flexibility index (Phi) is 3.49. The molecule has 1 heteroatoms. The van der Waals surface area contributed by atoms with E-state index in [-0.39, 0.29) is 5.60 Å². The van der Waals surface area contributed by atoms with Gasteiger partial charge in [0.05, 0.1) is 5.60 Å². The van der Waals surface area contributed by atoms with Gasteiger partial charge in [0.2, 0.25) is 0 Å². The molecule has 0 aliphatic heterocycles. The largest absolute Gasteiger partial charge is 0.374 e. The summed E-state index contributed by atoms with van der Waals surface area (Å²) in [6.07, 6.45) is 2.20. The third kappa shape index (κ3) is 2.31. The molecule has 1 unspecified atom stereocenters. The van der Waals surface area contributed by atoms with E-state index in [9.17, 15) is 0 Å². The van der Waals surface area contributed by atoms with Crippen molar-refractivity contribution in [3.05, 3.63) is 35.9 Å². The zero-order valence-corrected chi connectivity index (χ0v) is 8.71. The van der Waals surface area contributed by atoms with Crippen molar-refractivity contribution < 1.29 is 4.74 Å². The Bertz CT molecular complexity index is 243. The molecular weight excluding hydrogens is 160 g/mol. The van der Waals surface area contributed by atoms with Crippen molar-refractivity contribution in [2.24, 2.45) is 0 Å². The van der Waals surface area contributed by atoms with Crippen molar-refractivity contribution in [2.45, 2.75) is 32.3 Å². The molecule has 1 aromatic rings. The van der Waals surface area contributed by atoms with Crippen molar-refractivity contribution in [2.75, 3.05) is 7.11 Å². The van der Waals surface area contributed by atoms with Crippen molar-refractivity contribution in [3.63, 3.8) is 0 Å². The molecule has 0 saturated heterocycles. The molecule has 0 heterocycles. The van der Waals surface area contributed by atoms with Crippen LogP contribution >= 0.6 is 0 Å². The topological polar surface area (TPSA) is 9.23 Å². The van der Waals surface area contributed by atoms with Gasteiger partial charge >= 0.3 is 0 Å². The van der Waals surface area contributed by atoms with Gasteiger partial charge in [-0.15, -0.1) is 0 Å². The van der Waals surface area contributed by atoms with Crippen molar-refractivity contribution in [1.82, 2.24) is 0 Å². The number of rotatable bonds is 4. The van der Waals surface area contributed by atoms with E-state index in [0.717, 1.165) is 12.8 Å². The molecule has 0 fully saturated rings. The van der Waals surface area contributed by atoms with Gasteiger partial charge in [-0.25, -0.2) is 0 Å². The highest BCUT2D eigenvalue weighted by Crippen LogP contribution is 2.29. The van der Waals surface area contributed by atoms with Crippen LogP contribution in [0.4, 0.5) is 0 Å². The van der Waals surface area contributed by atoms with Crippen LogP contribution in [0, 0.1) is 0 Å². The lowest BCUT2D eigenvalue weighted by Crippen LogP contribution is -2.23. The third-order valence-electron chi connectivity index (χ3n) is 2.56. The van der Waals surface area contributed by atoms with Gasteiger partial charge in [0.25, 0.3) is 0 Å². The van der Waals surface area contributed by atoms with E-state index in [0.29, 0.717) is 0 Å². The molecule has 13 heavy (non-hydrogen) atoms. The maximum Gasteiger partial charge on any atom is 0.0899 e. The van der Waals surface area contributed by atoms with Gasteiger partial charge in [-0.2, -0.15) is 0 Å². The van der Waals surface area contributed by atoms with Crippen molar-refractivity contribution in [3.8, 4) is 0 Å². The van der Waals surface area contributed by atoms with Crippen LogP contribution in [0.15, 0.2) is 30.3 Å². The van der Waals surface area contributed by atoms with Gasteiger partial charge in [-0.1, -0.05) is 43.7 Å². The van der Waals surface area contributed by atoms with E-state index in [1.807, 2.05) is 6.07 Å². The minimum absolute atomic E-state index is 0.115. The summed E-state index contributed by atoms with van der Waals surface area (Å²) in [5, 5.41) is 0. The summed E-state index contributed by atoms with van der Waals surface area (Å²) >= 11 is 0. The number of hydrogen-bond donors (Lipinski definition) is 0. The quantitative estimate of drug-likeness (QED) is 0.687. The minimum Gasteiger partial charge on any atom is -0.374 e. The molecule has 0 spiro atoms. The molecule has 0 radical (unpaired) electrons. The van der Waals surface area contributed by atoms with Crippen molar-refractivity contribution in [1.29, 1.82) is 0 Å². The first-order valence-electron chi connectivity index (χ1n) is 4.83. The molecule has 1 nitrogen and oxygen atoms in total. The Hall–Kier alpha value is -0.820. The Morgan fingerprint density at radius 2 is 1.85 bits per heavy atom. The van der Waals surface area contributed by atoms with Gasteiger partial charge in [-0.05, 0) is 18.9 Å². The van der Waals surface area contributed by atoms with E-state index in [4.69, 9.17) is 4.74 Å². The fourth-order valence-electron chi connectivity index (χ4n) is 1.63. The summed E-state index contributed by atoms with van der Waals surface area (Å²) in [4.78, 5) is 0. The number of ether oxygens (including phenoxy) is 1. The Morgan fingerprint density at radius 3 is 2.31 bits per heavy atom. The summed E-state index contributed by atoms with van der Waals surface area (Å²) in [5.41, 5.74) is 1.15. The molecule has 0 amide bonds. The fourth-order valence-corrected chi connectivity index (χ4v) is 1.63. The van der Waals surface area contributed by atoms with Crippen LogP contribution in [0.25, 0.3) is 0 Å². The van der Waals surface area contributed by atoms with Crippen LogP contribution in [0.2, 0.25) is 0 Å². The van der Waals surface area contributed by atoms with Gasteiger partial charge in [0.1, 0.15) is 0 Å². The van der Waals surface area contributed by atoms with Crippen LogP contribution in [0.5, 0.6) is 0 Å². The lowest BCUT2D eigenvalue weighted by Gasteiger charge is -2.28. The lowest BCUT2D eigenvalue weighted by molar-refractivity contribution is -0.00610. The van der Waals surface area contributed by atoms with E-state index in [1.165, 1.54) is 5.56 Å². The van der Waals surface area contributed by atoms with Crippen LogP contribution < -0.4 is 0 Å². The SMILES string of the molecule is CCCC(C)(OC)c1ccccc1. The van der Waals surface area contributed by atoms with E-state index >= 15 is 0 Å². The molecule has 0 aromatic heterocycles. The molecular formula is C12H18O. The van der Waals surface area contributed by atoms with Crippen LogP contribution in [-0.4, -0.2) is 7.11 Å². The highest BCUT2D eigenvalue weighted by atomic mass is 16.5. The van der Waals surface area contributed by atoms with Gasteiger partial charge in [0.15, 0.2) is 0 Å². The second-order valence-electron chi connectivity index (χ2n) is 3.55. The Labute approximate surface area is 80.7 Å². The lowest BCUT2D eigenvalue weighted by atomic mass is 9.91. The molecule has 0 saturated carbocycles. The zero-order chi connectivity index (χ0) is 9.73. The first kappa shape index (κ1) is 10.3. The molecule has 1 atom stereocenters. The van der Waals surface area contributed by atoms with Gasteiger partial charge in [0, 0.05) is 7.11 Å². The van der Waals surface area contributed by atoms with E-state index < -0.39 is 0 Å². The van der Waals surface area contributed by atoms with E-state index in [2.05, 4.69) is 38.1 Å². The van der Waals surface area contributed by atoms with Crippen LogP contribution in [0.1, 0.15) is 32.3 Å². The predicted molar refractivity (Wildman–Crippen MR) is 55.7 cm³/mol. The van der Waals surface area contributed by atoms with Crippen LogP contribution in [-0.2, 0) is 10.3 Å². The zero-order valence-electron chi connectivity index (χ0n) is 8.71. The normalized spacial score (nSPS) is 15.3. The fraction of sp³-hybridized carbons (Fsp3) is 0.500. The molecule has 1 aromatic carbocycles. The first-order valence-corrected chi connectivity index (χ1v) is 4.83. The minimum atomic E-state index is -0.115. The number of hydrogen-bond acceptors (Lipinski definition) is 1. The monoisotopic (exact) mass is 178 g/mol. The maximum absolute atomic E-state index is 5.56. The number of benzene rings is 1. The highest BCUT2D eigenvalue weighted by molar-refractivity contribution is 5.21. The number of methoxy groups -OCH3 is 1. The van der Waals surface area contributed by atoms with E-state index in [1.54, 1.807) is 7.11 Å².